The van der Waals surface area contributed by atoms with E-state index in [4.69, 9.17) is 5.73 Å². The third-order valence-corrected chi connectivity index (χ3v) is 2.76. The van der Waals surface area contributed by atoms with E-state index in [2.05, 4.69) is 41.1 Å². The highest BCUT2D eigenvalue weighted by Gasteiger charge is 2.12. The Bertz CT molecular complexity index is 354. The molecule has 2 rings (SSSR count). The lowest BCUT2D eigenvalue weighted by Gasteiger charge is -2.16. The highest BCUT2D eigenvalue weighted by atomic mass is 15.3. The molecule has 0 fully saturated rings. The Balaban J connectivity index is 1.88. The van der Waals surface area contributed by atoms with E-state index in [0.29, 0.717) is 5.96 Å². The van der Waals surface area contributed by atoms with Gasteiger partial charge in [-0.2, -0.15) is 0 Å². The second-order valence-corrected chi connectivity index (χ2v) is 3.96. The average molecular weight is 203 g/mol. The van der Waals surface area contributed by atoms with Crippen LogP contribution in [-0.4, -0.2) is 30.5 Å². The maximum Gasteiger partial charge on any atom is 0.191 e. The first-order valence-electron chi connectivity index (χ1n) is 5.36. The van der Waals surface area contributed by atoms with Gasteiger partial charge in [-0.15, -0.1) is 0 Å². The summed E-state index contributed by atoms with van der Waals surface area (Å²) in [6.07, 6.45) is 1.04. The number of hydrogen-bond donors (Lipinski definition) is 1. The van der Waals surface area contributed by atoms with Crippen LogP contribution in [0.1, 0.15) is 11.1 Å². The van der Waals surface area contributed by atoms with Gasteiger partial charge in [-0.1, -0.05) is 29.8 Å². The van der Waals surface area contributed by atoms with Gasteiger partial charge in [-0.3, -0.25) is 4.99 Å². The number of nitrogens with two attached hydrogens (primary N) is 1. The molecule has 1 heterocycles. The second kappa shape index (κ2) is 4.34. The molecule has 0 saturated heterocycles. The van der Waals surface area contributed by atoms with Crippen LogP contribution in [0.4, 0.5) is 0 Å². The van der Waals surface area contributed by atoms with Crippen LogP contribution in [0, 0.1) is 6.92 Å². The zero-order valence-electron chi connectivity index (χ0n) is 9.11. The van der Waals surface area contributed by atoms with Gasteiger partial charge in [0.1, 0.15) is 0 Å². The molecule has 0 radical (unpaired) electrons. The van der Waals surface area contributed by atoms with Crippen LogP contribution in [-0.2, 0) is 6.42 Å². The fraction of sp³-hybridized carbons (Fsp3) is 0.417. The largest absolute Gasteiger partial charge is 0.370 e. The molecule has 0 atom stereocenters. The molecule has 0 unspecified atom stereocenters. The Morgan fingerprint density at radius 3 is 2.67 bits per heavy atom. The van der Waals surface area contributed by atoms with Crippen molar-refractivity contribution in [3.05, 3.63) is 35.4 Å². The molecular formula is C12H17N3. The summed E-state index contributed by atoms with van der Waals surface area (Å²) in [5.74, 6) is 0.696. The minimum absolute atomic E-state index is 0.696. The Morgan fingerprint density at radius 1 is 1.33 bits per heavy atom. The fourth-order valence-corrected chi connectivity index (χ4v) is 1.74. The summed E-state index contributed by atoms with van der Waals surface area (Å²) in [4.78, 5) is 6.30. The lowest BCUT2D eigenvalue weighted by atomic mass is 10.1. The predicted octanol–water partition coefficient (Wildman–Crippen LogP) is 1.17. The Labute approximate surface area is 90.6 Å². The van der Waals surface area contributed by atoms with Crippen LogP contribution in [0.3, 0.4) is 0 Å². The van der Waals surface area contributed by atoms with Crippen molar-refractivity contribution in [1.82, 2.24) is 4.90 Å². The van der Waals surface area contributed by atoms with Gasteiger partial charge in [0.25, 0.3) is 0 Å². The highest BCUT2D eigenvalue weighted by Crippen LogP contribution is 2.06. The number of guanidine groups is 1. The van der Waals surface area contributed by atoms with Gasteiger partial charge >= 0.3 is 0 Å². The van der Waals surface area contributed by atoms with Crippen molar-refractivity contribution in [2.75, 3.05) is 19.6 Å². The first-order chi connectivity index (χ1) is 7.25. The van der Waals surface area contributed by atoms with E-state index in [-0.39, 0.29) is 0 Å². The summed E-state index contributed by atoms with van der Waals surface area (Å²) in [6, 6.07) is 8.66. The van der Waals surface area contributed by atoms with Crippen molar-refractivity contribution in [3.8, 4) is 0 Å². The quantitative estimate of drug-likeness (QED) is 0.801. The average Bonchev–Trinajstić information content (AvgIpc) is 2.63. The van der Waals surface area contributed by atoms with Crippen LogP contribution in [0.15, 0.2) is 29.3 Å². The van der Waals surface area contributed by atoms with Gasteiger partial charge in [0.05, 0.1) is 6.54 Å². The molecule has 0 amide bonds. The van der Waals surface area contributed by atoms with E-state index in [1.165, 1.54) is 11.1 Å². The molecule has 2 N–H and O–H groups in total. The summed E-state index contributed by atoms with van der Waals surface area (Å²) in [7, 11) is 0. The smallest absolute Gasteiger partial charge is 0.191 e. The van der Waals surface area contributed by atoms with E-state index in [9.17, 15) is 0 Å². The number of aryl methyl sites for hydroxylation is 1. The molecule has 0 saturated carbocycles. The monoisotopic (exact) mass is 203 g/mol. The van der Waals surface area contributed by atoms with Crippen LogP contribution in [0.2, 0.25) is 0 Å². The zero-order valence-corrected chi connectivity index (χ0v) is 9.11. The van der Waals surface area contributed by atoms with Crippen LogP contribution < -0.4 is 5.73 Å². The van der Waals surface area contributed by atoms with Crippen LogP contribution in [0.25, 0.3) is 0 Å². The van der Waals surface area contributed by atoms with Gasteiger partial charge < -0.3 is 10.6 Å². The molecule has 3 heteroatoms. The molecule has 0 bridgehead atoms. The van der Waals surface area contributed by atoms with E-state index in [1.807, 2.05) is 0 Å². The number of hydrogen-bond acceptors (Lipinski definition) is 3. The van der Waals surface area contributed by atoms with E-state index in [1.54, 1.807) is 0 Å². The molecule has 1 aromatic carbocycles. The zero-order chi connectivity index (χ0) is 10.7. The topological polar surface area (TPSA) is 41.6 Å². The fourth-order valence-electron chi connectivity index (χ4n) is 1.74. The molecule has 1 aromatic rings. The van der Waals surface area contributed by atoms with E-state index < -0.39 is 0 Å². The Kier molecular flexibility index (Phi) is 2.90. The molecule has 1 aliphatic heterocycles. The second-order valence-electron chi connectivity index (χ2n) is 3.96. The van der Waals surface area contributed by atoms with Crippen molar-refractivity contribution < 1.29 is 0 Å². The summed E-state index contributed by atoms with van der Waals surface area (Å²) in [5, 5.41) is 0. The number of aliphatic imine (C=N–C) groups is 1. The maximum atomic E-state index is 5.74. The number of rotatable bonds is 3. The van der Waals surface area contributed by atoms with Crippen LogP contribution in [0.5, 0.6) is 0 Å². The number of nitrogens with zero attached hydrogens (tertiary/aromatic N) is 2. The van der Waals surface area contributed by atoms with Gasteiger partial charge in [0.2, 0.25) is 0 Å². The minimum atomic E-state index is 0.696. The summed E-state index contributed by atoms with van der Waals surface area (Å²) in [6.45, 7) is 4.89. The van der Waals surface area contributed by atoms with Crippen molar-refractivity contribution >= 4 is 5.96 Å². The lowest BCUT2D eigenvalue weighted by molar-refractivity contribution is 0.457. The minimum Gasteiger partial charge on any atom is -0.370 e. The Hall–Kier alpha value is -1.51. The van der Waals surface area contributed by atoms with Crippen molar-refractivity contribution in [2.45, 2.75) is 13.3 Å². The van der Waals surface area contributed by atoms with Gasteiger partial charge in [0, 0.05) is 13.1 Å². The first kappa shape index (κ1) is 10.0. The molecular weight excluding hydrogens is 186 g/mol. The predicted molar refractivity (Wildman–Crippen MR) is 62.9 cm³/mol. The van der Waals surface area contributed by atoms with E-state index >= 15 is 0 Å². The Morgan fingerprint density at radius 2 is 2.07 bits per heavy atom. The summed E-state index contributed by atoms with van der Waals surface area (Å²) >= 11 is 0. The molecule has 0 aromatic heterocycles. The molecule has 0 aliphatic carbocycles. The normalized spacial score (nSPS) is 15.5. The van der Waals surface area contributed by atoms with Gasteiger partial charge in [-0.25, -0.2) is 0 Å². The molecule has 1 aliphatic rings. The van der Waals surface area contributed by atoms with Crippen molar-refractivity contribution in [1.29, 1.82) is 0 Å². The third kappa shape index (κ3) is 2.49. The SMILES string of the molecule is Cc1ccc(CCN2CCN=C2N)cc1. The molecule has 15 heavy (non-hydrogen) atoms. The van der Waals surface area contributed by atoms with Crippen LogP contribution >= 0.6 is 0 Å². The van der Waals surface area contributed by atoms with Crippen molar-refractivity contribution in [2.24, 2.45) is 10.7 Å². The van der Waals surface area contributed by atoms with Gasteiger partial charge in [-0.05, 0) is 18.9 Å². The highest BCUT2D eigenvalue weighted by molar-refractivity contribution is 5.79. The third-order valence-electron chi connectivity index (χ3n) is 2.76. The molecule has 3 nitrogen and oxygen atoms in total. The standard InChI is InChI=1S/C12H17N3/c1-10-2-4-11(5-3-10)6-8-15-9-7-14-12(15)13/h2-5H,6-9H2,1H3,(H2,13,14). The van der Waals surface area contributed by atoms with Gasteiger partial charge in [0.15, 0.2) is 5.96 Å². The number of benzene rings is 1. The molecule has 0 spiro atoms. The first-order valence-corrected chi connectivity index (χ1v) is 5.36. The van der Waals surface area contributed by atoms with E-state index in [0.717, 1.165) is 26.1 Å². The lowest BCUT2D eigenvalue weighted by Crippen LogP contribution is -2.35. The van der Waals surface area contributed by atoms with Crippen molar-refractivity contribution in [3.63, 3.8) is 0 Å². The molecule has 80 valence electrons. The summed E-state index contributed by atoms with van der Waals surface area (Å²) in [5.41, 5.74) is 8.41. The maximum absolute atomic E-state index is 5.74. The summed E-state index contributed by atoms with van der Waals surface area (Å²) < 4.78 is 0.